The Hall–Kier alpha value is -4.20. The maximum absolute atomic E-state index is 12.4. The number of likely N-dealkylation sites (tertiary alicyclic amines) is 1. The molecular formula is C25H21NO7. The minimum Gasteiger partial charge on any atom is -0.467 e. The van der Waals surface area contributed by atoms with Crippen molar-refractivity contribution in [1.29, 1.82) is 0 Å². The largest absolute Gasteiger partial charge is 0.467 e. The maximum Gasteiger partial charge on any atom is 0.343 e. The molecule has 0 N–H and O–H groups in total. The monoisotopic (exact) mass is 447 g/mol. The Morgan fingerprint density at radius 3 is 2.39 bits per heavy atom. The van der Waals surface area contributed by atoms with Crippen molar-refractivity contribution in [1.82, 2.24) is 4.90 Å². The lowest BCUT2D eigenvalue weighted by molar-refractivity contribution is -0.147. The maximum atomic E-state index is 12.4. The number of carbonyl (C=O) groups is 4. The third kappa shape index (κ3) is 5.54. The van der Waals surface area contributed by atoms with Gasteiger partial charge in [-0.15, -0.1) is 0 Å². The number of hydrogen-bond donors (Lipinski definition) is 0. The van der Waals surface area contributed by atoms with E-state index in [1.54, 1.807) is 42.5 Å². The summed E-state index contributed by atoms with van der Waals surface area (Å²) in [5.74, 6) is -1.37. The molecule has 2 heterocycles. The average molecular weight is 447 g/mol. The standard InChI is InChI=1S/C25H21NO7/c27-22(17-8-10-20(11-9-17)33-25(30)18-5-2-1-3-6-18)16-32-24(29)19-13-23(28)26(14-19)15-21-7-4-12-31-21/h1-12,19H,13-16H2/t19-/m1/s1. The van der Waals surface area contributed by atoms with E-state index in [1.165, 1.54) is 35.4 Å². The van der Waals surface area contributed by atoms with E-state index in [2.05, 4.69) is 0 Å². The third-order valence-corrected chi connectivity index (χ3v) is 5.22. The van der Waals surface area contributed by atoms with Crippen LogP contribution in [0.3, 0.4) is 0 Å². The number of benzene rings is 2. The second-order valence-electron chi connectivity index (χ2n) is 7.57. The summed E-state index contributed by atoms with van der Waals surface area (Å²) < 4.78 is 15.7. The van der Waals surface area contributed by atoms with Gasteiger partial charge >= 0.3 is 11.9 Å². The number of hydrogen-bond acceptors (Lipinski definition) is 7. The zero-order valence-electron chi connectivity index (χ0n) is 17.6. The van der Waals surface area contributed by atoms with Crippen LogP contribution in [0.4, 0.5) is 0 Å². The smallest absolute Gasteiger partial charge is 0.343 e. The number of carbonyl (C=O) groups excluding carboxylic acids is 4. The fraction of sp³-hybridized carbons (Fsp3) is 0.200. The van der Waals surface area contributed by atoms with E-state index in [-0.39, 0.29) is 25.4 Å². The van der Waals surface area contributed by atoms with Crippen LogP contribution in [-0.4, -0.2) is 41.7 Å². The first kappa shape index (κ1) is 22.0. The first-order chi connectivity index (χ1) is 16.0. The molecule has 0 bridgehead atoms. The number of furan rings is 1. The van der Waals surface area contributed by atoms with E-state index in [1.807, 2.05) is 0 Å². The number of ether oxygens (including phenoxy) is 2. The van der Waals surface area contributed by atoms with Gasteiger partial charge in [-0.3, -0.25) is 14.4 Å². The molecule has 1 amide bonds. The molecule has 8 nitrogen and oxygen atoms in total. The first-order valence-corrected chi connectivity index (χ1v) is 10.4. The zero-order chi connectivity index (χ0) is 23.2. The fourth-order valence-electron chi connectivity index (χ4n) is 3.46. The van der Waals surface area contributed by atoms with Gasteiger partial charge in [-0.05, 0) is 48.5 Å². The van der Waals surface area contributed by atoms with E-state index in [9.17, 15) is 19.2 Å². The Balaban J connectivity index is 1.26. The van der Waals surface area contributed by atoms with E-state index in [0.29, 0.717) is 22.6 Å². The lowest BCUT2D eigenvalue weighted by atomic mass is 10.1. The molecule has 1 fully saturated rings. The molecule has 2 aromatic carbocycles. The second-order valence-corrected chi connectivity index (χ2v) is 7.57. The van der Waals surface area contributed by atoms with Gasteiger partial charge in [0.15, 0.2) is 12.4 Å². The van der Waals surface area contributed by atoms with Crippen LogP contribution in [-0.2, 0) is 20.9 Å². The molecule has 0 saturated carbocycles. The molecule has 168 valence electrons. The Labute approximate surface area is 189 Å². The Bertz CT molecular complexity index is 1140. The molecule has 4 rings (SSSR count). The molecule has 0 aliphatic carbocycles. The molecule has 1 saturated heterocycles. The molecule has 0 spiro atoms. The number of nitrogens with zero attached hydrogens (tertiary/aromatic N) is 1. The van der Waals surface area contributed by atoms with E-state index < -0.39 is 30.2 Å². The van der Waals surface area contributed by atoms with Gasteiger partial charge in [-0.1, -0.05) is 18.2 Å². The Morgan fingerprint density at radius 2 is 1.70 bits per heavy atom. The first-order valence-electron chi connectivity index (χ1n) is 10.4. The van der Waals surface area contributed by atoms with Crippen LogP contribution in [0.5, 0.6) is 5.75 Å². The van der Waals surface area contributed by atoms with E-state index >= 15 is 0 Å². The molecule has 0 radical (unpaired) electrons. The van der Waals surface area contributed by atoms with Crippen molar-refractivity contribution < 1.29 is 33.1 Å². The van der Waals surface area contributed by atoms with E-state index in [4.69, 9.17) is 13.9 Å². The quantitative estimate of drug-likeness (QED) is 0.297. The zero-order valence-corrected chi connectivity index (χ0v) is 17.6. The normalized spacial score (nSPS) is 15.3. The molecule has 0 unspecified atom stereocenters. The highest BCUT2D eigenvalue weighted by molar-refractivity contribution is 5.98. The highest BCUT2D eigenvalue weighted by Crippen LogP contribution is 2.22. The molecule has 1 aliphatic rings. The fourth-order valence-corrected chi connectivity index (χ4v) is 3.46. The lowest BCUT2D eigenvalue weighted by Gasteiger charge is -2.14. The molecule has 33 heavy (non-hydrogen) atoms. The van der Waals surface area contributed by atoms with Crippen LogP contribution >= 0.6 is 0 Å². The topological polar surface area (TPSA) is 103 Å². The molecule has 1 aromatic heterocycles. The van der Waals surface area contributed by atoms with Gasteiger partial charge in [0.2, 0.25) is 5.91 Å². The van der Waals surface area contributed by atoms with Crippen molar-refractivity contribution in [3.63, 3.8) is 0 Å². The minimum atomic E-state index is -0.625. The predicted octanol–water partition coefficient (Wildman–Crippen LogP) is 3.27. The van der Waals surface area contributed by atoms with Crippen molar-refractivity contribution in [2.75, 3.05) is 13.2 Å². The predicted molar refractivity (Wildman–Crippen MR) is 115 cm³/mol. The number of Topliss-reactive ketones (excluding diaryl/α,β-unsaturated/α-hetero) is 1. The van der Waals surface area contributed by atoms with Crippen LogP contribution in [0.25, 0.3) is 0 Å². The number of rotatable bonds is 8. The summed E-state index contributed by atoms with van der Waals surface area (Å²) in [5, 5.41) is 0. The van der Waals surface area contributed by atoms with Crippen molar-refractivity contribution in [3.8, 4) is 5.75 Å². The lowest BCUT2D eigenvalue weighted by Crippen LogP contribution is -2.27. The molecular weight excluding hydrogens is 426 g/mol. The number of amides is 1. The number of ketones is 1. The molecule has 1 aliphatic heterocycles. The third-order valence-electron chi connectivity index (χ3n) is 5.22. The summed E-state index contributed by atoms with van der Waals surface area (Å²) in [4.78, 5) is 50.5. The van der Waals surface area contributed by atoms with Gasteiger partial charge in [0.25, 0.3) is 0 Å². The highest BCUT2D eigenvalue weighted by Gasteiger charge is 2.35. The van der Waals surface area contributed by atoms with Gasteiger partial charge in [-0.25, -0.2) is 4.79 Å². The highest BCUT2D eigenvalue weighted by atomic mass is 16.5. The Kier molecular flexibility index (Phi) is 6.64. The van der Waals surface area contributed by atoms with Gasteiger partial charge in [0.1, 0.15) is 11.5 Å². The van der Waals surface area contributed by atoms with Crippen LogP contribution in [0, 0.1) is 5.92 Å². The summed E-state index contributed by atoms with van der Waals surface area (Å²) >= 11 is 0. The number of esters is 2. The Morgan fingerprint density at radius 1 is 0.939 bits per heavy atom. The van der Waals surface area contributed by atoms with Gasteiger partial charge in [0.05, 0.1) is 24.3 Å². The van der Waals surface area contributed by atoms with Crippen LogP contribution in [0.1, 0.15) is 32.9 Å². The van der Waals surface area contributed by atoms with Gasteiger partial charge in [-0.2, -0.15) is 0 Å². The van der Waals surface area contributed by atoms with Crippen molar-refractivity contribution in [2.24, 2.45) is 5.92 Å². The minimum absolute atomic E-state index is 0.0369. The summed E-state index contributed by atoms with van der Waals surface area (Å²) in [5.41, 5.74) is 0.724. The van der Waals surface area contributed by atoms with Crippen LogP contribution in [0.2, 0.25) is 0 Å². The summed E-state index contributed by atoms with van der Waals surface area (Å²) in [7, 11) is 0. The average Bonchev–Trinajstić information content (AvgIpc) is 3.48. The SMILES string of the molecule is O=C(COC(=O)[C@@H]1CC(=O)N(Cc2ccco2)C1)c1ccc(OC(=O)c2ccccc2)cc1. The molecule has 8 heteroatoms. The second kappa shape index (κ2) is 9.95. The summed E-state index contributed by atoms with van der Waals surface area (Å²) in [6, 6.07) is 18.0. The van der Waals surface area contributed by atoms with Gasteiger partial charge in [0, 0.05) is 18.5 Å². The van der Waals surface area contributed by atoms with Crippen molar-refractivity contribution in [2.45, 2.75) is 13.0 Å². The van der Waals surface area contributed by atoms with Crippen molar-refractivity contribution >= 4 is 23.6 Å². The summed E-state index contributed by atoms with van der Waals surface area (Å²) in [6.07, 6.45) is 1.56. The van der Waals surface area contributed by atoms with Crippen LogP contribution < -0.4 is 4.74 Å². The van der Waals surface area contributed by atoms with Gasteiger partial charge < -0.3 is 18.8 Å². The van der Waals surface area contributed by atoms with Crippen LogP contribution in [0.15, 0.2) is 77.4 Å². The molecule has 1 atom stereocenters. The molecule has 3 aromatic rings. The van der Waals surface area contributed by atoms with Crippen molar-refractivity contribution in [3.05, 3.63) is 89.9 Å². The van der Waals surface area contributed by atoms with E-state index in [0.717, 1.165) is 0 Å². The summed E-state index contributed by atoms with van der Waals surface area (Å²) in [6.45, 7) is 0.0641.